The summed E-state index contributed by atoms with van der Waals surface area (Å²) in [7, 11) is 5.94. The predicted octanol–water partition coefficient (Wildman–Crippen LogP) is 3.19. The molecule has 5 nitrogen and oxygen atoms in total. The number of hydrogen-bond donors (Lipinski definition) is 2. The largest absolute Gasteiger partial charge is 0.494 e. The van der Waals surface area contributed by atoms with Crippen LogP contribution in [0, 0.1) is 6.92 Å². The van der Waals surface area contributed by atoms with E-state index in [1.54, 1.807) is 7.05 Å². The second-order valence-electron chi connectivity index (χ2n) is 6.86. The first-order chi connectivity index (χ1) is 13.1. The number of benzene rings is 2. The summed E-state index contributed by atoms with van der Waals surface area (Å²) in [4.78, 5) is 6.46. The second-order valence-corrected chi connectivity index (χ2v) is 6.86. The van der Waals surface area contributed by atoms with Crippen LogP contribution < -0.4 is 15.4 Å². The Bertz CT molecular complexity index is 711. The number of aryl methyl sites for hydroxylation is 1. The van der Waals surface area contributed by atoms with Crippen molar-refractivity contribution < 1.29 is 4.74 Å². The zero-order valence-corrected chi connectivity index (χ0v) is 17.0. The van der Waals surface area contributed by atoms with Gasteiger partial charge in [-0.25, -0.2) is 0 Å². The van der Waals surface area contributed by atoms with Crippen molar-refractivity contribution in [3.8, 4) is 5.75 Å². The van der Waals surface area contributed by atoms with Crippen molar-refractivity contribution in [1.29, 1.82) is 0 Å². The molecule has 0 atom stereocenters. The van der Waals surface area contributed by atoms with Crippen molar-refractivity contribution in [2.75, 3.05) is 34.3 Å². The smallest absolute Gasteiger partial charge is 0.191 e. The maximum absolute atomic E-state index is 5.77. The molecule has 0 unspecified atom stereocenters. The van der Waals surface area contributed by atoms with Crippen LogP contribution in [-0.4, -0.2) is 45.2 Å². The average molecular weight is 369 g/mol. The molecule has 0 saturated carbocycles. The third-order valence-corrected chi connectivity index (χ3v) is 4.33. The lowest BCUT2D eigenvalue weighted by Crippen LogP contribution is -2.36. The molecule has 0 fully saturated rings. The SMILES string of the molecule is CN=C(NCc1ccc(OCCCN(C)C)cc1)NCc1ccccc1C. The molecular weight excluding hydrogens is 336 g/mol. The van der Waals surface area contributed by atoms with E-state index in [1.807, 2.05) is 12.1 Å². The minimum absolute atomic E-state index is 0.717. The first-order valence-electron chi connectivity index (χ1n) is 9.44. The number of rotatable bonds is 9. The summed E-state index contributed by atoms with van der Waals surface area (Å²) in [5, 5.41) is 6.71. The highest BCUT2D eigenvalue weighted by atomic mass is 16.5. The lowest BCUT2D eigenvalue weighted by atomic mass is 10.1. The lowest BCUT2D eigenvalue weighted by Gasteiger charge is -2.14. The van der Waals surface area contributed by atoms with Gasteiger partial charge in [-0.3, -0.25) is 4.99 Å². The Hall–Kier alpha value is -2.53. The molecular formula is C22H32N4O. The molecule has 27 heavy (non-hydrogen) atoms. The summed E-state index contributed by atoms with van der Waals surface area (Å²) in [5.74, 6) is 1.71. The standard InChI is InChI=1S/C22H32N4O/c1-18-8-5-6-9-20(18)17-25-22(23-2)24-16-19-10-12-21(13-11-19)27-15-7-14-26(3)4/h5-6,8-13H,7,14-17H2,1-4H3,(H2,23,24,25). The monoisotopic (exact) mass is 368 g/mol. The summed E-state index contributed by atoms with van der Waals surface area (Å²) < 4.78 is 5.77. The predicted molar refractivity (Wildman–Crippen MR) is 113 cm³/mol. The summed E-state index contributed by atoms with van der Waals surface area (Å²) in [5.41, 5.74) is 3.74. The Kier molecular flexibility index (Phi) is 8.65. The van der Waals surface area contributed by atoms with Crippen molar-refractivity contribution >= 4 is 5.96 Å². The van der Waals surface area contributed by atoms with E-state index >= 15 is 0 Å². The van der Waals surface area contributed by atoms with Crippen LogP contribution >= 0.6 is 0 Å². The van der Waals surface area contributed by atoms with Gasteiger partial charge in [-0.1, -0.05) is 36.4 Å². The van der Waals surface area contributed by atoms with Crippen molar-refractivity contribution in [3.63, 3.8) is 0 Å². The van der Waals surface area contributed by atoms with Gasteiger partial charge in [-0.15, -0.1) is 0 Å². The highest BCUT2D eigenvalue weighted by Crippen LogP contribution is 2.12. The van der Waals surface area contributed by atoms with E-state index in [9.17, 15) is 0 Å². The van der Waals surface area contributed by atoms with Gasteiger partial charge >= 0.3 is 0 Å². The second kappa shape index (κ2) is 11.2. The Morgan fingerprint density at radius 1 is 1.00 bits per heavy atom. The molecule has 0 aliphatic carbocycles. The third kappa shape index (κ3) is 7.71. The maximum atomic E-state index is 5.77. The minimum Gasteiger partial charge on any atom is -0.494 e. The van der Waals surface area contributed by atoms with E-state index in [2.05, 4.69) is 77.9 Å². The minimum atomic E-state index is 0.717. The van der Waals surface area contributed by atoms with Gasteiger partial charge in [-0.05, 0) is 56.3 Å². The van der Waals surface area contributed by atoms with Gasteiger partial charge in [0.15, 0.2) is 5.96 Å². The molecule has 0 heterocycles. The van der Waals surface area contributed by atoms with Crippen molar-refractivity contribution in [2.45, 2.75) is 26.4 Å². The van der Waals surface area contributed by atoms with E-state index in [-0.39, 0.29) is 0 Å². The Morgan fingerprint density at radius 3 is 2.37 bits per heavy atom. The zero-order valence-electron chi connectivity index (χ0n) is 17.0. The van der Waals surface area contributed by atoms with Gasteiger partial charge in [0.2, 0.25) is 0 Å². The fourth-order valence-electron chi connectivity index (χ4n) is 2.67. The number of aliphatic imine (C=N–C) groups is 1. The third-order valence-electron chi connectivity index (χ3n) is 4.33. The summed E-state index contributed by atoms with van der Waals surface area (Å²) in [6, 6.07) is 16.6. The number of ether oxygens (including phenoxy) is 1. The van der Waals surface area contributed by atoms with Gasteiger partial charge in [0.1, 0.15) is 5.75 Å². The normalized spacial score (nSPS) is 11.5. The summed E-state index contributed by atoms with van der Waals surface area (Å²) >= 11 is 0. The first-order valence-corrected chi connectivity index (χ1v) is 9.44. The Morgan fingerprint density at radius 2 is 1.70 bits per heavy atom. The molecule has 0 saturated heterocycles. The number of guanidine groups is 1. The van der Waals surface area contributed by atoms with Crippen LogP contribution in [0.5, 0.6) is 5.75 Å². The molecule has 0 amide bonds. The van der Waals surface area contributed by atoms with Crippen LogP contribution in [0.1, 0.15) is 23.1 Å². The van der Waals surface area contributed by atoms with E-state index < -0.39 is 0 Å². The Balaban J connectivity index is 1.75. The van der Waals surface area contributed by atoms with Crippen LogP contribution in [0.2, 0.25) is 0 Å². The van der Waals surface area contributed by atoms with Crippen LogP contribution in [0.3, 0.4) is 0 Å². The van der Waals surface area contributed by atoms with E-state index in [1.165, 1.54) is 16.7 Å². The molecule has 0 aromatic heterocycles. The molecule has 2 N–H and O–H groups in total. The first kappa shape index (κ1) is 20.8. The summed E-state index contributed by atoms with van der Waals surface area (Å²) in [6.07, 6.45) is 1.03. The van der Waals surface area contributed by atoms with Gasteiger partial charge in [0.25, 0.3) is 0 Å². The molecule has 146 valence electrons. The van der Waals surface area contributed by atoms with Gasteiger partial charge in [0.05, 0.1) is 6.61 Å². The van der Waals surface area contributed by atoms with Crippen molar-refractivity contribution in [1.82, 2.24) is 15.5 Å². The van der Waals surface area contributed by atoms with E-state index in [0.717, 1.165) is 37.8 Å². The number of hydrogen-bond acceptors (Lipinski definition) is 3. The molecule has 2 rings (SSSR count). The molecule has 2 aromatic rings. The lowest BCUT2D eigenvalue weighted by molar-refractivity contribution is 0.281. The van der Waals surface area contributed by atoms with Gasteiger partial charge in [0, 0.05) is 26.7 Å². The van der Waals surface area contributed by atoms with Gasteiger partial charge < -0.3 is 20.3 Å². The van der Waals surface area contributed by atoms with Crippen LogP contribution in [0.25, 0.3) is 0 Å². The molecule has 0 aliphatic heterocycles. The topological polar surface area (TPSA) is 48.9 Å². The molecule has 0 aliphatic rings. The van der Waals surface area contributed by atoms with E-state index in [0.29, 0.717) is 6.54 Å². The highest BCUT2D eigenvalue weighted by molar-refractivity contribution is 5.79. The van der Waals surface area contributed by atoms with Crippen molar-refractivity contribution in [2.24, 2.45) is 4.99 Å². The van der Waals surface area contributed by atoms with Crippen molar-refractivity contribution in [3.05, 3.63) is 65.2 Å². The average Bonchev–Trinajstić information content (AvgIpc) is 2.67. The van der Waals surface area contributed by atoms with Crippen LogP contribution in [0.15, 0.2) is 53.5 Å². The van der Waals surface area contributed by atoms with Crippen LogP contribution in [0.4, 0.5) is 0 Å². The zero-order chi connectivity index (χ0) is 19.5. The molecule has 0 spiro atoms. The molecule has 2 aromatic carbocycles. The number of nitrogens with one attached hydrogen (secondary N) is 2. The Labute approximate surface area is 163 Å². The molecule has 5 heteroatoms. The highest BCUT2D eigenvalue weighted by Gasteiger charge is 2.02. The fraction of sp³-hybridized carbons (Fsp3) is 0.409. The molecule has 0 radical (unpaired) electrons. The quantitative estimate of drug-likeness (QED) is 0.405. The maximum Gasteiger partial charge on any atom is 0.191 e. The summed E-state index contributed by atoms with van der Waals surface area (Å²) in [6.45, 7) is 5.37. The van der Waals surface area contributed by atoms with Gasteiger partial charge in [-0.2, -0.15) is 0 Å². The molecule has 0 bridgehead atoms. The fourth-order valence-corrected chi connectivity index (χ4v) is 2.67. The number of nitrogens with zero attached hydrogens (tertiary/aromatic N) is 2. The van der Waals surface area contributed by atoms with E-state index in [4.69, 9.17) is 4.74 Å². The van der Waals surface area contributed by atoms with Crippen LogP contribution in [-0.2, 0) is 13.1 Å².